The Labute approximate surface area is 173 Å². The quantitative estimate of drug-likeness (QED) is 0.455. The summed E-state index contributed by atoms with van der Waals surface area (Å²) in [6, 6.07) is 9.39. The van der Waals surface area contributed by atoms with Crippen molar-refractivity contribution in [2.24, 2.45) is 0 Å². The van der Waals surface area contributed by atoms with E-state index in [2.05, 4.69) is 11.9 Å². The van der Waals surface area contributed by atoms with Gasteiger partial charge in [-0.05, 0) is 54.8 Å². The second-order valence-electron chi connectivity index (χ2n) is 6.47. The molecular weight excluding hydrogens is 392 g/mol. The van der Waals surface area contributed by atoms with Crippen molar-refractivity contribution < 1.29 is 19.1 Å². The molecule has 7 heteroatoms. The summed E-state index contributed by atoms with van der Waals surface area (Å²) in [6.07, 6.45) is 2.99. The van der Waals surface area contributed by atoms with Crippen molar-refractivity contribution >= 4 is 41.2 Å². The Morgan fingerprint density at radius 2 is 1.93 bits per heavy atom. The first-order valence-electron chi connectivity index (χ1n) is 8.84. The lowest BCUT2D eigenvalue weighted by Crippen LogP contribution is -2.54. The van der Waals surface area contributed by atoms with Gasteiger partial charge in [0.15, 0.2) is 0 Å². The number of imide groups is 2. The molecule has 3 rings (SSSR count). The molecule has 1 fully saturated rings. The number of carbonyl (C=O) groups excluding carboxylic acids is 3. The first kappa shape index (κ1) is 20.4. The van der Waals surface area contributed by atoms with Crippen LogP contribution in [-0.4, -0.2) is 24.5 Å². The predicted octanol–water partition coefficient (Wildman–Crippen LogP) is 4.19. The number of hydrogen-bond acceptors (Lipinski definition) is 4. The maximum atomic E-state index is 13.0. The van der Waals surface area contributed by atoms with E-state index in [0.29, 0.717) is 28.6 Å². The van der Waals surface area contributed by atoms with Crippen LogP contribution in [0, 0.1) is 13.8 Å². The zero-order valence-electron chi connectivity index (χ0n) is 16.0. The normalized spacial score (nSPS) is 15.5. The first-order valence-corrected chi connectivity index (χ1v) is 9.22. The molecule has 2 aromatic rings. The van der Waals surface area contributed by atoms with Crippen molar-refractivity contribution in [1.82, 2.24) is 5.32 Å². The molecule has 1 aliphatic rings. The Morgan fingerprint density at radius 3 is 2.62 bits per heavy atom. The summed E-state index contributed by atoms with van der Waals surface area (Å²) in [5.41, 5.74) is 2.48. The molecule has 0 bridgehead atoms. The van der Waals surface area contributed by atoms with Gasteiger partial charge < -0.3 is 4.74 Å². The van der Waals surface area contributed by atoms with Crippen molar-refractivity contribution in [2.45, 2.75) is 13.8 Å². The molecular formula is C22H19ClN2O4. The molecule has 148 valence electrons. The molecule has 29 heavy (non-hydrogen) atoms. The van der Waals surface area contributed by atoms with Crippen LogP contribution in [0.4, 0.5) is 10.5 Å². The maximum Gasteiger partial charge on any atom is 0.335 e. The summed E-state index contributed by atoms with van der Waals surface area (Å²) in [7, 11) is 0. The van der Waals surface area contributed by atoms with Gasteiger partial charge in [-0.2, -0.15) is 0 Å². The molecule has 4 amide bonds. The van der Waals surface area contributed by atoms with Crippen LogP contribution in [0.1, 0.15) is 16.7 Å². The highest BCUT2D eigenvalue weighted by Crippen LogP contribution is 2.29. The molecule has 1 saturated heterocycles. The van der Waals surface area contributed by atoms with E-state index in [9.17, 15) is 14.4 Å². The predicted molar refractivity (Wildman–Crippen MR) is 112 cm³/mol. The fraction of sp³-hybridized carbons (Fsp3) is 0.136. The number of halogens is 1. The summed E-state index contributed by atoms with van der Waals surface area (Å²) < 4.78 is 5.42. The number of aryl methyl sites for hydroxylation is 1. The number of ether oxygens (including phenoxy) is 1. The third-order valence-corrected chi connectivity index (χ3v) is 4.84. The van der Waals surface area contributed by atoms with Crippen LogP contribution >= 0.6 is 11.6 Å². The number of anilines is 1. The average Bonchev–Trinajstić information content (AvgIpc) is 2.67. The van der Waals surface area contributed by atoms with Crippen LogP contribution in [0.25, 0.3) is 6.08 Å². The monoisotopic (exact) mass is 410 g/mol. The minimum absolute atomic E-state index is 0.165. The van der Waals surface area contributed by atoms with E-state index in [-0.39, 0.29) is 5.57 Å². The average molecular weight is 411 g/mol. The van der Waals surface area contributed by atoms with E-state index in [1.807, 2.05) is 19.9 Å². The number of urea groups is 1. The number of nitrogens with one attached hydrogen (secondary N) is 1. The third kappa shape index (κ3) is 4.07. The number of barbiturate groups is 1. The Bertz CT molecular complexity index is 1060. The summed E-state index contributed by atoms with van der Waals surface area (Å²) >= 11 is 6.20. The zero-order chi connectivity index (χ0) is 21.1. The van der Waals surface area contributed by atoms with E-state index >= 15 is 0 Å². The number of nitrogens with zero attached hydrogens (tertiary/aromatic N) is 1. The van der Waals surface area contributed by atoms with Crippen molar-refractivity contribution in [1.29, 1.82) is 0 Å². The SMILES string of the molecule is C=CCOc1ccc(/C=C2\C(=O)NC(=O)N(c3cccc(C)c3C)C2=O)cc1Cl. The maximum absolute atomic E-state index is 13.0. The Kier molecular flexibility index (Phi) is 5.84. The van der Waals surface area contributed by atoms with Gasteiger partial charge in [-0.15, -0.1) is 0 Å². The van der Waals surface area contributed by atoms with E-state index in [4.69, 9.17) is 16.3 Å². The van der Waals surface area contributed by atoms with Gasteiger partial charge in [-0.3, -0.25) is 14.9 Å². The Morgan fingerprint density at radius 1 is 1.17 bits per heavy atom. The highest BCUT2D eigenvalue weighted by molar-refractivity contribution is 6.39. The van der Waals surface area contributed by atoms with E-state index in [1.54, 1.807) is 36.4 Å². The minimum Gasteiger partial charge on any atom is -0.488 e. The van der Waals surface area contributed by atoms with Gasteiger partial charge >= 0.3 is 6.03 Å². The fourth-order valence-electron chi connectivity index (χ4n) is 2.89. The number of amides is 4. The second-order valence-corrected chi connectivity index (χ2v) is 6.87. The lowest BCUT2D eigenvalue weighted by atomic mass is 10.0. The molecule has 0 unspecified atom stereocenters. The highest BCUT2D eigenvalue weighted by Gasteiger charge is 2.37. The molecule has 0 saturated carbocycles. The molecule has 6 nitrogen and oxygen atoms in total. The minimum atomic E-state index is -0.781. The smallest absolute Gasteiger partial charge is 0.335 e. The van der Waals surface area contributed by atoms with E-state index < -0.39 is 17.8 Å². The number of rotatable bonds is 5. The van der Waals surface area contributed by atoms with E-state index in [1.165, 1.54) is 6.08 Å². The van der Waals surface area contributed by atoms with Crippen LogP contribution < -0.4 is 15.0 Å². The lowest BCUT2D eigenvalue weighted by molar-refractivity contribution is -0.122. The van der Waals surface area contributed by atoms with Gasteiger partial charge in [0.05, 0.1) is 10.7 Å². The molecule has 2 aromatic carbocycles. The van der Waals surface area contributed by atoms with Gasteiger partial charge in [0.1, 0.15) is 17.9 Å². The van der Waals surface area contributed by atoms with E-state index in [0.717, 1.165) is 16.0 Å². The van der Waals surface area contributed by atoms with Crippen LogP contribution in [0.2, 0.25) is 5.02 Å². The Balaban J connectivity index is 1.98. The standard InChI is InChI=1S/C22H19ClN2O4/c1-4-10-29-19-9-8-15(12-17(19)23)11-16-20(26)24-22(28)25(21(16)27)18-7-5-6-13(2)14(18)3/h4-9,11-12H,1,10H2,2-3H3,(H,24,26,28)/b16-11+. The molecule has 1 heterocycles. The summed E-state index contributed by atoms with van der Waals surface area (Å²) in [6.45, 7) is 7.57. The summed E-state index contributed by atoms with van der Waals surface area (Å²) in [5, 5.41) is 2.55. The number of carbonyl (C=O) groups is 3. The largest absolute Gasteiger partial charge is 0.488 e. The Hall–Kier alpha value is -3.38. The highest BCUT2D eigenvalue weighted by atomic mass is 35.5. The van der Waals surface area contributed by atoms with Crippen LogP contribution in [0.15, 0.2) is 54.6 Å². The molecule has 0 atom stereocenters. The molecule has 1 N–H and O–H groups in total. The molecule has 0 spiro atoms. The summed E-state index contributed by atoms with van der Waals surface area (Å²) in [5.74, 6) is -0.999. The van der Waals surface area contributed by atoms with Gasteiger partial charge in [0.2, 0.25) is 0 Å². The van der Waals surface area contributed by atoms with Crippen LogP contribution in [-0.2, 0) is 9.59 Å². The van der Waals surface area contributed by atoms with Gasteiger partial charge in [0, 0.05) is 0 Å². The van der Waals surface area contributed by atoms with Crippen molar-refractivity contribution in [3.8, 4) is 5.75 Å². The molecule has 0 aromatic heterocycles. The summed E-state index contributed by atoms with van der Waals surface area (Å²) in [4.78, 5) is 38.7. The fourth-order valence-corrected chi connectivity index (χ4v) is 3.14. The van der Waals surface area contributed by atoms with Crippen LogP contribution in [0.5, 0.6) is 5.75 Å². The third-order valence-electron chi connectivity index (χ3n) is 4.54. The molecule has 0 aliphatic carbocycles. The van der Waals surface area contributed by atoms with Crippen LogP contribution in [0.3, 0.4) is 0 Å². The van der Waals surface area contributed by atoms with Crippen molar-refractivity contribution in [2.75, 3.05) is 11.5 Å². The van der Waals surface area contributed by atoms with Gasteiger partial charge in [0.25, 0.3) is 11.8 Å². The number of hydrogen-bond donors (Lipinski definition) is 1. The molecule has 0 radical (unpaired) electrons. The van der Waals surface area contributed by atoms with Crippen molar-refractivity contribution in [3.05, 3.63) is 76.3 Å². The zero-order valence-corrected chi connectivity index (χ0v) is 16.7. The molecule has 1 aliphatic heterocycles. The second kappa shape index (κ2) is 8.32. The number of benzene rings is 2. The lowest BCUT2D eigenvalue weighted by Gasteiger charge is -2.28. The van der Waals surface area contributed by atoms with Crippen molar-refractivity contribution in [3.63, 3.8) is 0 Å². The van der Waals surface area contributed by atoms with Gasteiger partial charge in [-0.25, -0.2) is 9.69 Å². The first-order chi connectivity index (χ1) is 13.8. The van der Waals surface area contributed by atoms with Gasteiger partial charge in [-0.1, -0.05) is 42.5 Å². The topological polar surface area (TPSA) is 75.7 Å².